The quantitative estimate of drug-likeness (QED) is 0.445. The van der Waals surface area contributed by atoms with E-state index < -0.39 is 17.4 Å². The van der Waals surface area contributed by atoms with Crippen LogP contribution in [0.15, 0.2) is 51.7 Å². The SMILES string of the molecule is O=c1cc(C(F)(F)F)c2ccc(OCCCOc3ccc4c(c3)OCO4)cc2o1. The Hall–Kier alpha value is -3.36. The molecule has 4 rings (SSSR count). The predicted molar refractivity (Wildman–Crippen MR) is 95.7 cm³/mol. The molecule has 0 bridgehead atoms. The number of ether oxygens (including phenoxy) is 4. The van der Waals surface area contributed by atoms with Crippen LogP contribution in [-0.2, 0) is 6.18 Å². The fraction of sp³-hybridized carbons (Fsp3) is 0.250. The van der Waals surface area contributed by atoms with Crippen LogP contribution < -0.4 is 24.6 Å². The van der Waals surface area contributed by atoms with Gasteiger partial charge in [-0.2, -0.15) is 13.2 Å². The molecule has 0 radical (unpaired) electrons. The Balaban J connectivity index is 1.34. The van der Waals surface area contributed by atoms with Gasteiger partial charge in [0.15, 0.2) is 11.5 Å². The summed E-state index contributed by atoms with van der Waals surface area (Å²) >= 11 is 0. The molecule has 1 aliphatic heterocycles. The summed E-state index contributed by atoms with van der Waals surface area (Å²) in [5.74, 6) is 2.21. The second-order valence-electron chi connectivity index (χ2n) is 6.20. The minimum Gasteiger partial charge on any atom is -0.493 e. The van der Waals surface area contributed by atoms with E-state index in [1.54, 1.807) is 18.2 Å². The highest BCUT2D eigenvalue weighted by molar-refractivity contribution is 5.82. The molecule has 0 atom stereocenters. The first-order chi connectivity index (χ1) is 13.9. The van der Waals surface area contributed by atoms with Crippen molar-refractivity contribution in [3.63, 3.8) is 0 Å². The molecule has 0 N–H and O–H groups in total. The Labute approximate surface area is 162 Å². The van der Waals surface area contributed by atoms with Crippen molar-refractivity contribution in [1.82, 2.24) is 0 Å². The molecule has 6 nitrogen and oxygen atoms in total. The maximum atomic E-state index is 13.1. The highest BCUT2D eigenvalue weighted by Gasteiger charge is 2.33. The first-order valence-electron chi connectivity index (χ1n) is 8.70. The highest BCUT2D eigenvalue weighted by Crippen LogP contribution is 2.36. The van der Waals surface area contributed by atoms with E-state index in [2.05, 4.69) is 0 Å². The van der Waals surface area contributed by atoms with Gasteiger partial charge in [-0.05, 0) is 24.3 Å². The lowest BCUT2D eigenvalue weighted by molar-refractivity contribution is -0.136. The fourth-order valence-electron chi connectivity index (χ4n) is 2.87. The topological polar surface area (TPSA) is 67.1 Å². The number of hydrogen-bond acceptors (Lipinski definition) is 6. The number of halogens is 3. The van der Waals surface area contributed by atoms with Gasteiger partial charge in [0.2, 0.25) is 6.79 Å². The van der Waals surface area contributed by atoms with Gasteiger partial charge in [0.25, 0.3) is 0 Å². The zero-order chi connectivity index (χ0) is 20.4. The lowest BCUT2D eigenvalue weighted by atomic mass is 10.1. The van der Waals surface area contributed by atoms with Gasteiger partial charge >= 0.3 is 11.8 Å². The van der Waals surface area contributed by atoms with Crippen LogP contribution in [-0.4, -0.2) is 20.0 Å². The van der Waals surface area contributed by atoms with Gasteiger partial charge in [-0.15, -0.1) is 0 Å². The van der Waals surface area contributed by atoms with Crippen LogP contribution in [0.4, 0.5) is 13.2 Å². The molecule has 29 heavy (non-hydrogen) atoms. The summed E-state index contributed by atoms with van der Waals surface area (Å²) in [5.41, 5.74) is -2.29. The van der Waals surface area contributed by atoms with E-state index in [9.17, 15) is 18.0 Å². The van der Waals surface area contributed by atoms with Crippen LogP contribution in [0.3, 0.4) is 0 Å². The Bertz CT molecular complexity index is 1090. The molecule has 0 saturated carbocycles. The molecule has 1 aliphatic rings. The zero-order valence-corrected chi connectivity index (χ0v) is 15.0. The number of rotatable bonds is 6. The molecule has 0 spiro atoms. The summed E-state index contributed by atoms with van der Waals surface area (Å²) in [7, 11) is 0. The fourth-order valence-corrected chi connectivity index (χ4v) is 2.87. The van der Waals surface area contributed by atoms with Gasteiger partial charge < -0.3 is 23.4 Å². The van der Waals surface area contributed by atoms with Crippen LogP contribution in [0.5, 0.6) is 23.0 Å². The molecule has 2 heterocycles. The summed E-state index contributed by atoms with van der Waals surface area (Å²) in [6.45, 7) is 0.808. The molecule has 0 fully saturated rings. The summed E-state index contributed by atoms with van der Waals surface area (Å²) in [6.07, 6.45) is -4.12. The van der Waals surface area contributed by atoms with Crippen molar-refractivity contribution in [3.8, 4) is 23.0 Å². The molecular weight excluding hydrogens is 393 g/mol. The summed E-state index contributed by atoms with van der Waals surface area (Å²) in [5, 5.41) is -0.199. The third kappa shape index (κ3) is 4.23. The van der Waals surface area contributed by atoms with E-state index in [4.69, 9.17) is 23.4 Å². The van der Waals surface area contributed by atoms with Gasteiger partial charge in [-0.1, -0.05) is 0 Å². The third-order valence-electron chi connectivity index (χ3n) is 4.19. The lowest BCUT2D eigenvalue weighted by Gasteiger charge is -2.11. The average molecular weight is 408 g/mol. The largest absolute Gasteiger partial charge is 0.493 e. The molecule has 0 saturated heterocycles. The standard InChI is InChI=1S/C20H15F3O6/c21-20(22,23)15-10-19(24)29-17-8-12(2-4-14(15)17)25-6-1-7-26-13-3-5-16-18(9-13)28-11-27-16/h2-5,8-10H,1,6-7,11H2. The summed E-state index contributed by atoms with van der Waals surface area (Å²) < 4.78 is 65.7. The number of alkyl halides is 3. The van der Waals surface area contributed by atoms with Gasteiger partial charge in [-0.3, -0.25) is 0 Å². The molecule has 1 aromatic heterocycles. The van der Waals surface area contributed by atoms with Crippen molar-refractivity contribution in [2.75, 3.05) is 20.0 Å². The minimum atomic E-state index is -4.65. The van der Waals surface area contributed by atoms with Crippen molar-refractivity contribution in [1.29, 1.82) is 0 Å². The van der Waals surface area contributed by atoms with Crippen molar-refractivity contribution in [2.24, 2.45) is 0 Å². The first kappa shape index (κ1) is 19.0. The monoisotopic (exact) mass is 408 g/mol. The van der Waals surface area contributed by atoms with Gasteiger partial charge in [0, 0.05) is 30.0 Å². The Morgan fingerprint density at radius 3 is 2.34 bits per heavy atom. The van der Waals surface area contributed by atoms with E-state index in [1.807, 2.05) is 0 Å². The van der Waals surface area contributed by atoms with E-state index in [0.717, 1.165) is 0 Å². The van der Waals surface area contributed by atoms with E-state index in [1.165, 1.54) is 18.2 Å². The van der Waals surface area contributed by atoms with Crippen LogP contribution in [0, 0.1) is 0 Å². The molecule has 0 amide bonds. The Kier molecular flexibility index (Phi) is 4.96. The third-order valence-corrected chi connectivity index (χ3v) is 4.19. The second kappa shape index (κ2) is 7.57. The smallest absolute Gasteiger partial charge is 0.417 e. The van der Waals surface area contributed by atoms with Gasteiger partial charge in [0.05, 0.1) is 18.8 Å². The Morgan fingerprint density at radius 1 is 0.897 bits per heavy atom. The number of benzene rings is 2. The molecule has 0 unspecified atom stereocenters. The van der Waals surface area contributed by atoms with Crippen molar-refractivity contribution < 1.29 is 36.5 Å². The molecular formula is C20H15F3O6. The first-order valence-corrected chi connectivity index (χ1v) is 8.70. The molecule has 152 valence electrons. The number of fused-ring (bicyclic) bond motifs is 2. The molecule has 2 aromatic carbocycles. The van der Waals surface area contributed by atoms with Crippen molar-refractivity contribution in [2.45, 2.75) is 12.6 Å². The molecule has 3 aromatic rings. The lowest BCUT2D eigenvalue weighted by Crippen LogP contribution is -2.11. The van der Waals surface area contributed by atoms with Crippen LogP contribution in [0.2, 0.25) is 0 Å². The normalized spacial score (nSPS) is 12.9. The van der Waals surface area contributed by atoms with Gasteiger partial charge in [0.1, 0.15) is 17.1 Å². The van der Waals surface area contributed by atoms with E-state index in [-0.39, 0.29) is 24.4 Å². The second-order valence-corrected chi connectivity index (χ2v) is 6.20. The van der Waals surface area contributed by atoms with Crippen molar-refractivity contribution >= 4 is 11.0 Å². The number of hydrogen-bond donors (Lipinski definition) is 0. The Morgan fingerprint density at radius 2 is 1.59 bits per heavy atom. The minimum absolute atomic E-state index is 0.182. The van der Waals surface area contributed by atoms with Crippen LogP contribution in [0.1, 0.15) is 12.0 Å². The summed E-state index contributed by atoms with van der Waals surface area (Å²) in [4.78, 5) is 11.4. The van der Waals surface area contributed by atoms with E-state index >= 15 is 0 Å². The van der Waals surface area contributed by atoms with Crippen LogP contribution in [0.25, 0.3) is 11.0 Å². The van der Waals surface area contributed by atoms with Crippen LogP contribution >= 0.6 is 0 Å². The van der Waals surface area contributed by atoms with Crippen molar-refractivity contribution in [3.05, 3.63) is 58.4 Å². The zero-order valence-electron chi connectivity index (χ0n) is 15.0. The predicted octanol–water partition coefficient (Wildman–Crippen LogP) is 4.39. The highest BCUT2D eigenvalue weighted by atomic mass is 19.4. The molecule has 0 aliphatic carbocycles. The molecule has 9 heteroatoms. The maximum Gasteiger partial charge on any atom is 0.417 e. The maximum absolute atomic E-state index is 13.1. The van der Waals surface area contributed by atoms with E-state index in [0.29, 0.717) is 42.1 Å². The van der Waals surface area contributed by atoms with Gasteiger partial charge in [-0.25, -0.2) is 4.79 Å². The average Bonchev–Trinajstić information content (AvgIpc) is 3.14. The summed E-state index contributed by atoms with van der Waals surface area (Å²) in [6, 6.07) is 9.58.